The van der Waals surface area contributed by atoms with Crippen molar-refractivity contribution in [2.75, 3.05) is 13.7 Å². The summed E-state index contributed by atoms with van der Waals surface area (Å²) in [7, 11) is 1.57. The van der Waals surface area contributed by atoms with E-state index in [0.29, 0.717) is 5.75 Å². The van der Waals surface area contributed by atoms with Crippen molar-refractivity contribution in [3.05, 3.63) is 29.1 Å². The minimum Gasteiger partial charge on any atom is -0.496 e. The number of benzene rings is 1. The number of hydrogen-bond donors (Lipinski definition) is 1. The van der Waals surface area contributed by atoms with Crippen LogP contribution in [-0.2, 0) is 5.54 Å². The maximum Gasteiger partial charge on any atom is 0.131 e. The van der Waals surface area contributed by atoms with Crippen molar-refractivity contribution in [2.24, 2.45) is 0 Å². The minimum atomic E-state index is -0.221. The van der Waals surface area contributed by atoms with E-state index in [2.05, 4.69) is 12.2 Å². The highest BCUT2D eigenvalue weighted by atomic mass is 19.1. The first kappa shape index (κ1) is 11.4. The summed E-state index contributed by atoms with van der Waals surface area (Å²) in [6, 6.07) is 3.38. The maximum absolute atomic E-state index is 14.0. The van der Waals surface area contributed by atoms with Gasteiger partial charge >= 0.3 is 0 Å². The monoisotopic (exact) mass is 223 g/mol. The summed E-state index contributed by atoms with van der Waals surface area (Å²) in [4.78, 5) is 0. The van der Waals surface area contributed by atoms with Gasteiger partial charge in [0.05, 0.1) is 7.11 Å². The molecule has 1 saturated heterocycles. The van der Waals surface area contributed by atoms with Crippen molar-refractivity contribution >= 4 is 0 Å². The van der Waals surface area contributed by atoms with Gasteiger partial charge in [0, 0.05) is 17.2 Å². The largest absolute Gasteiger partial charge is 0.496 e. The topological polar surface area (TPSA) is 21.3 Å². The van der Waals surface area contributed by atoms with Gasteiger partial charge in [-0.2, -0.15) is 0 Å². The fraction of sp³-hybridized carbons (Fsp3) is 0.538. The Balaban J connectivity index is 2.45. The van der Waals surface area contributed by atoms with Crippen molar-refractivity contribution in [3.63, 3.8) is 0 Å². The second kappa shape index (κ2) is 4.06. The summed E-state index contributed by atoms with van der Waals surface area (Å²) < 4.78 is 19.1. The van der Waals surface area contributed by atoms with E-state index in [9.17, 15) is 4.39 Å². The molecule has 1 aliphatic heterocycles. The highest BCUT2D eigenvalue weighted by molar-refractivity contribution is 5.40. The molecule has 0 spiro atoms. The third-order valence-corrected chi connectivity index (χ3v) is 3.45. The van der Waals surface area contributed by atoms with Gasteiger partial charge in [-0.05, 0) is 44.9 Å². The molecule has 1 aromatic rings. The van der Waals surface area contributed by atoms with Crippen molar-refractivity contribution in [1.29, 1.82) is 0 Å². The van der Waals surface area contributed by atoms with E-state index in [4.69, 9.17) is 4.74 Å². The van der Waals surface area contributed by atoms with Crippen LogP contribution < -0.4 is 10.1 Å². The Morgan fingerprint density at radius 3 is 2.75 bits per heavy atom. The predicted octanol–water partition coefficient (Wildman–Crippen LogP) is 2.74. The standard InChI is InChI=1S/C13H18FNO/c1-9-7-10(11(14)8-12(9)16-3)13(2)5-4-6-15-13/h7-8,15H,4-6H2,1-3H3. The minimum absolute atomic E-state index is 0.181. The average molecular weight is 223 g/mol. The molecule has 1 aromatic carbocycles. The molecule has 1 N–H and O–H groups in total. The number of hydrogen-bond acceptors (Lipinski definition) is 2. The normalized spacial score (nSPS) is 24.8. The lowest BCUT2D eigenvalue weighted by Crippen LogP contribution is -2.34. The Morgan fingerprint density at radius 1 is 1.44 bits per heavy atom. The summed E-state index contributed by atoms with van der Waals surface area (Å²) in [6.07, 6.45) is 2.08. The summed E-state index contributed by atoms with van der Waals surface area (Å²) in [5.74, 6) is 0.433. The van der Waals surface area contributed by atoms with E-state index in [1.54, 1.807) is 7.11 Å². The second-order valence-electron chi connectivity index (χ2n) is 4.66. The van der Waals surface area contributed by atoms with Gasteiger partial charge < -0.3 is 10.1 Å². The molecule has 3 heteroatoms. The van der Waals surface area contributed by atoms with Gasteiger partial charge in [-0.25, -0.2) is 4.39 Å². The molecule has 0 aliphatic carbocycles. The summed E-state index contributed by atoms with van der Waals surface area (Å²) >= 11 is 0. The Hall–Kier alpha value is -1.09. The molecule has 88 valence electrons. The first-order valence-corrected chi connectivity index (χ1v) is 5.66. The predicted molar refractivity (Wildman–Crippen MR) is 62.3 cm³/mol. The fourth-order valence-electron chi connectivity index (χ4n) is 2.43. The lowest BCUT2D eigenvalue weighted by Gasteiger charge is -2.26. The van der Waals surface area contributed by atoms with Crippen LogP contribution in [-0.4, -0.2) is 13.7 Å². The smallest absolute Gasteiger partial charge is 0.131 e. The first-order valence-electron chi connectivity index (χ1n) is 5.66. The van der Waals surface area contributed by atoms with Gasteiger partial charge in [0.25, 0.3) is 0 Å². The van der Waals surface area contributed by atoms with Gasteiger partial charge in [-0.15, -0.1) is 0 Å². The van der Waals surface area contributed by atoms with Gasteiger partial charge in [-0.1, -0.05) is 0 Å². The zero-order valence-electron chi connectivity index (χ0n) is 10.1. The number of aryl methyl sites for hydroxylation is 1. The SMILES string of the molecule is COc1cc(F)c(C2(C)CCCN2)cc1C. The highest BCUT2D eigenvalue weighted by Gasteiger charge is 2.32. The molecule has 1 fully saturated rings. The Bertz CT molecular complexity index is 397. The molecular weight excluding hydrogens is 205 g/mol. The second-order valence-corrected chi connectivity index (χ2v) is 4.66. The molecule has 1 atom stereocenters. The summed E-state index contributed by atoms with van der Waals surface area (Å²) in [5, 5.41) is 3.37. The van der Waals surface area contributed by atoms with Gasteiger partial charge in [-0.3, -0.25) is 0 Å². The van der Waals surface area contributed by atoms with Crippen LogP contribution >= 0.6 is 0 Å². The molecule has 1 unspecified atom stereocenters. The van der Waals surface area contributed by atoms with Crippen LogP contribution in [0.2, 0.25) is 0 Å². The number of ether oxygens (including phenoxy) is 1. The quantitative estimate of drug-likeness (QED) is 0.832. The molecule has 0 bridgehead atoms. The molecule has 0 saturated carbocycles. The van der Waals surface area contributed by atoms with Crippen LogP contribution in [0.15, 0.2) is 12.1 Å². The Labute approximate surface area is 95.8 Å². The van der Waals surface area contributed by atoms with Crippen LogP contribution in [0.5, 0.6) is 5.75 Å². The number of halogens is 1. The van der Waals surface area contributed by atoms with E-state index < -0.39 is 0 Å². The van der Waals surface area contributed by atoms with Crippen molar-refractivity contribution in [2.45, 2.75) is 32.2 Å². The van der Waals surface area contributed by atoms with E-state index in [0.717, 1.165) is 30.5 Å². The number of nitrogens with one attached hydrogen (secondary N) is 1. The first-order chi connectivity index (χ1) is 7.57. The van der Waals surface area contributed by atoms with Crippen LogP contribution in [0.3, 0.4) is 0 Å². The number of rotatable bonds is 2. The molecule has 0 aromatic heterocycles. The molecule has 1 heterocycles. The molecule has 0 amide bonds. The third-order valence-electron chi connectivity index (χ3n) is 3.45. The van der Waals surface area contributed by atoms with Crippen molar-refractivity contribution < 1.29 is 9.13 Å². The molecule has 1 aliphatic rings. The summed E-state index contributed by atoms with van der Waals surface area (Å²) in [5.41, 5.74) is 1.51. The lowest BCUT2D eigenvalue weighted by molar-refractivity contribution is 0.392. The van der Waals surface area contributed by atoms with Gasteiger partial charge in [0.1, 0.15) is 11.6 Å². The lowest BCUT2D eigenvalue weighted by atomic mass is 9.89. The van der Waals surface area contributed by atoms with E-state index in [1.807, 2.05) is 13.0 Å². The molecule has 2 rings (SSSR count). The third kappa shape index (κ3) is 1.80. The van der Waals surface area contributed by atoms with Gasteiger partial charge in [0.15, 0.2) is 0 Å². The fourth-order valence-corrected chi connectivity index (χ4v) is 2.43. The Kier molecular flexibility index (Phi) is 2.89. The molecule has 0 radical (unpaired) electrons. The van der Waals surface area contributed by atoms with Crippen LogP contribution in [0.1, 0.15) is 30.9 Å². The van der Waals surface area contributed by atoms with Crippen LogP contribution in [0.4, 0.5) is 4.39 Å². The summed E-state index contributed by atoms with van der Waals surface area (Å²) in [6.45, 7) is 4.96. The van der Waals surface area contributed by atoms with Crippen molar-refractivity contribution in [1.82, 2.24) is 5.32 Å². The zero-order valence-corrected chi connectivity index (χ0v) is 10.1. The zero-order chi connectivity index (χ0) is 11.8. The van der Waals surface area contributed by atoms with E-state index in [-0.39, 0.29) is 11.4 Å². The van der Waals surface area contributed by atoms with E-state index in [1.165, 1.54) is 6.07 Å². The maximum atomic E-state index is 14.0. The average Bonchev–Trinajstić information content (AvgIpc) is 2.69. The van der Waals surface area contributed by atoms with E-state index >= 15 is 0 Å². The van der Waals surface area contributed by atoms with Crippen molar-refractivity contribution in [3.8, 4) is 5.75 Å². The van der Waals surface area contributed by atoms with Crippen LogP contribution in [0.25, 0.3) is 0 Å². The number of methoxy groups -OCH3 is 1. The molecular formula is C13H18FNO. The van der Waals surface area contributed by atoms with Gasteiger partial charge in [0.2, 0.25) is 0 Å². The Morgan fingerprint density at radius 2 is 2.19 bits per heavy atom. The molecule has 2 nitrogen and oxygen atoms in total. The van der Waals surface area contributed by atoms with Crippen LogP contribution in [0, 0.1) is 12.7 Å². The highest BCUT2D eigenvalue weighted by Crippen LogP contribution is 2.34. The molecule has 16 heavy (non-hydrogen) atoms.